The number of hydrogen-bond donors (Lipinski definition) is 0. The van der Waals surface area contributed by atoms with Crippen molar-refractivity contribution in [3.05, 3.63) is 53.1 Å². The second-order valence-electron chi connectivity index (χ2n) is 9.38. The molecular formula is C27H38N4O5S2. The summed E-state index contributed by atoms with van der Waals surface area (Å²) in [7, 11) is 3.27. The van der Waals surface area contributed by atoms with Crippen LogP contribution < -0.4 is 4.90 Å². The van der Waals surface area contributed by atoms with E-state index < -0.39 is 10.0 Å². The predicted octanol–water partition coefficient (Wildman–Crippen LogP) is 3.80. The molecule has 0 aliphatic heterocycles. The van der Waals surface area contributed by atoms with Crippen LogP contribution >= 0.6 is 11.3 Å². The first-order valence-electron chi connectivity index (χ1n) is 12.5. The summed E-state index contributed by atoms with van der Waals surface area (Å²) in [5.74, 6) is -0.211. The first-order chi connectivity index (χ1) is 18.1. The fraction of sp³-hybridized carbons (Fsp3) is 0.481. The van der Waals surface area contributed by atoms with Crippen molar-refractivity contribution in [1.29, 1.82) is 0 Å². The second-order valence-corrected chi connectivity index (χ2v) is 12.3. The molecule has 0 spiro atoms. The molecule has 0 radical (unpaired) electrons. The summed E-state index contributed by atoms with van der Waals surface area (Å²) in [6.45, 7) is 6.36. The fourth-order valence-electron chi connectivity index (χ4n) is 3.97. The van der Waals surface area contributed by atoms with E-state index in [4.69, 9.17) is 14.5 Å². The van der Waals surface area contributed by atoms with Crippen LogP contribution in [0.15, 0.2) is 41.3 Å². The number of ether oxygens (including phenoxy) is 2. The smallest absolute Gasteiger partial charge is 0.260 e. The minimum Gasteiger partial charge on any atom is -0.383 e. The molecule has 0 aliphatic carbocycles. The van der Waals surface area contributed by atoms with Gasteiger partial charge in [0.25, 0.3) is 5.91 Å². The monoisotopic (exact) mass is 562 g/mol. The van der Waals surface area contributed by atoms with Crippen LogP contribution in [0.1, 0.15) is 27.9 Å². The van der Waals surface area contributed by atoms with Gasteiger partial charge in [0.15, 0.2) is 5.13 Å². The number of methoxy groups -OCH3 is 2. The Kier molecular flexibility index (Phi) is 10.8. The standard InChI is InChI=1S/C27H38N4O5S2/c1-20-8-13-24-25(21(20)2)28-27(37-24)31(15-7-14-29(3)4)26(32)22-9-11-23(12-10-22)38(33,34)30(16-18-35-5)17-19-36-6/h8-13H,7,14-19H2,1-6H3. The van der Waals surface area contributed by atoms with Crippen molar-refractivity contribution in [2.24, 2.45) is 0 Å². The van der Waals surface area contributed by atoms with Crippen LogP contribution in [0, 0.1) is 13.8 Å². The second kappa shape index (κ2) is 13.6. The summed E-state index contributed by atoms with van der Waals surface area (Å²) in [5.41, 5.74) is 3.57. The average molecular weight is 563 g/mol. The number of rotatable bonds is 14. The quantitative estimate of drug-likeness (QED) is 0.295. The van der Waals surface area contributed by atoms with Crippen LogP contribution in [0.4, 0.5) is 5.13 Å². The van der Waals surface area contributed by atoms with Crippen molar-refractivity contribution >= 4 is 42.6 Å². The van der Waals surface area contributed by atoms with Crippen molar-refractivity contribution in [2.75, 3.05) is 72.6 Å². The van der Waals surface area contributed by atoms with E-state index in [-0.39, 0.29) is 37.1 Å². The number of carbonyl (C=O) groups excluding carboxylic acids is 1. The number of carbonyl (C=O) groups is 1. The molecule has 0 saturated carbocycles. The molecule has 3 aromatic rings. The number of aryl methyl sites for hydroxylation is 2. The molecule has 0 bridgehead atoms. The Labute approximate surface area is 230 Å². The van der Waals surface area contributed by atoms with E-state index in [1.54, 1.807) is 17.0 Å². The Morgan fingerprint density at radius 1 is 0.921 bits per heavy atom. The lowest BCUT2D eigenvalue weighted by Gasteiger charge is -2.22. The largest absolute Gasteiger partial charge is 0.383 e. The molecule has 0 saturated heterocycles. The molecule has 3 rings (SSSR count). The lowest BCUT2D eigenvalue weighted by Crippen LogP contribution is -2.36. The zero-order valence-corrected chi connectivity index (χ0v) is 24.7. The number of sulfonamides is 1. The maximum absolute atomic E-state index is 13.7. The van der Waals surface area contributed by atoms with Gasteiger partial charge >= 0.3 is 0 Å². The molecule has 0 aliphatic rings. The van der Waals surface area contributed by atoms with Crippen LogP contribution in [-0.4, -0.2) is 96.2 Å². The minimum absolute atomic E-state index is 0.117. The van der Waals surface area contributed by atoms with Crippen LogP contribution in [0.25, 0.3) is 10.2 Å². The normalized spacial score (nSPS) is 12.1. The highest BCUT2D eigenvalue weighted by Crippen LogP contribution is 2.33. The molecule has 0 unspecified atom stereocenters. The Morgan fingerprint density at radius 2 is 1.55 bits per heavy atom. The van der Waals surface area contributed by atoms with Crippen molar-refractivity contribution in [2.45, 2.75) is 25.2 Å². The van der Waals surface area contributed by atoms with E-state index in [0.29, 0.717) is 17.2 Å². The average Bonchev–Trinajstić information content (AvgIpc) is 3.33. The predicted molar refractivity (Wildman–Crippen MR) is 153 cm³/mol. The van der Waals surface area contributed by atoms with E-state index in [1.807, 2.05) is 27.1 Å². The maximum atomic E-state index is 13.7. The van der Waals surface area contributed by atoms with Crippen molar-refractivity contribution in [1.82, 2.24) is 14.2 Å². The lowest BCUT2D eigenvalue weighted by molar-refractivity contribution is 0.0986. The SMILES string of the molecule is COCCN(CCOC)S(=O)(=O)c1ccc(C(=O)N(CCCN(C)C)c2nc3c(C)c(C)ccc3s2)cc1. The molecule has 0 atom stereocenters. The third kappa shape index (κ3) is 7.16. The molecular weight excluding hydrogens is 524 g/mol. The summed E-state index contributed by atoms with van der Waals surface area (Å²) in [5, 5.41) is 0.638. The number of anilines is 1. The van der Waals surface area contributed by atoms with Gasteiger partial charge in [0, 0.05) is 39.4 Å². The molecule has 1 aromatic heterocycles. The van der Waals surface area contributed by atoms with Crippen LogP contribution in [0.5, 0.6) is 0 Å². The van der Waals surface area contributed by atoms with Gasteiger partial charge in [-0.05, 0) is 82.4 Å². The molecule has 11 heteroatoms. The highest BCUT2D eigenvalue weighted by molar-refractivity contribution is 7.89. The Balaban J connectivity index is 1.91. The summed E-state index contributed by atoms with van der Waals surface area (Å²) < 4.78 is 39.0. The Morgan fingerprint density at radius 3 is 2.13 bits per heavy atom. The van der Waals surface area contributed by atoms with Gasteiger partial charge in [-0.25, -0.2) is 13.4 Å². The summed E-state index contributed by atoms with van der Waals surface area (Å²) in [6.07, 6.45) is 0.771. The molecule has 0 fully saturated rings. The summed E-state index contributed by atoms with van der Waals surface area (Å²) >= 11 is 1.49. The third-order valence-corrected chi connectivity index (χ3v) is 9.32. The first kappa shape index (κ1) is 30.1. The van der Waals surface area contributed by atoms with Gasteiger partial charge in [-0.3, -0.25) is 9.69 Å². The van der Waals surface area contributed by atoms with Crippen LogP contribution in [0.3, 0.4) is 0 Å². The van der Waals surface area contributed by atoms with Crippen LogP contribution in [-0.2, 0) is 19.5 Å². The number of aromatic nitrogens is 1. The van der Waals surface area contributed by atoms with Gasteiger partial charge in [0.2, 0.25) is 10.0 Å². The van der Waals surface area contributed by atoms with Crippen LogP contribution in [0.2, 0.25) is 0 Å². The fourth-order valence-corrected chi connectivity index (χ4v) is 6.43. The molecule has 2 aromatic carbocycles. The molecule has 1 amide bonds. The molecule has 1 heterocycles. The van der Waals surface area contributed by atoms with Gasteiger partial charge in [-0.1, -0.05) is 17.4 Å². The highest BCUT2D eigenvalue weighted by atomic mass is 32.2. The third-order valence-electron chi connectivity index (χ3n) is 6.37. The zero-order valence-electron chi connectivity index (χ0n) is 23.1. The van der Waals surface area contributed by atoms with E-state index in [1.165, 1.54) is 42.0 Å². The molecule has 9 nitrogen and oxygen atoms in total. The first-order valence-corrected chi connectivity index (χ1v) is 14.8. The number of thiazole rings is 1. The van der Waals surface area contributed by atoms with Gasteiger partial charge in [0.05, 0.1) is 28.3 Å². The van der Waals surface area contributed by atoms with E-state index in [9.17, 15) is 13.2 Å². The summed E-state index contributed by atoms with van der Waals surface area (Å²) in [6, 6.07) is 10.2. The van der Waals surface area contributed by atoms with E-state index in [0.717, 1.165) is 34.3 Å². The van der Waals surface area contributed by atoms with Crippen molar-refractivity contribution in [3.8, 4) is 0 Å². The van der Waals surface area contributed by atoms with E-state index >= 15 is 0 Å². The molecule has 0 N–H and O–H groups in total. The van der Waals surface area contributed by atoms with Gasteiger partial charge < -0.3 is 14.4 Å². The van der Waals surface area contributed by atoms with E-state index in [2.05, 4.69) is 17.9 Å². The minimum atomic E-state index is -3.78. The van der Waals surface area contributed by atoms with Gasteiger partial charge in [-0.15, -0.1) is 0 Å². The number of amides is 1. The summed E-state index contributed by atoms with van der Waals surface area (Å²) in [4.78, 5) is 22.4. The number of hydrogen-bond acceptors (Lipinski definition) is 8. The highest BCUT2D eigenvalue weighted by Gasteiger charge is 2.26. The Bertz CT molecular complexity index is 1320. The van der Waals surface area contributed by atoms with Crippen molar-refractivity contribution < 1.29 is 22.7 Å². The molecule has 38 heavy (non-hydrogen) atoms. The number of nitrogens with zero attached hydrogens (tertiary/aromatic N) is 4. The topological polar surface area (TPSA) is 92.3 Å². The molecule has 208 valence electrons. The van der Waals surface area contributed by atoms with Gasteiger partial charge in [-0.2, -0.15) is 4.31 Å². The number of fused-ring (bicyclic) bond motifs is 1. The Hall–Kier alpha value is -2.41. The van der Waals surface area contributed by atoms with Gasteiger partial charge in [0.1, 0.15) is 0 Å². The maximum Gasteiger partial charge on any atom is 0.260 e. The zero-order chi connectivity index (χ0) is 27.9. The lowest BCUT2D eigenvalue weighted by atomic mass is 10.1. The number of benzene rings is 2. The van der Waals surface area contributed by atoms with Crippen molar-refractivity contribution in [3.63, 3.8) is 0 Å².